The summed E-state index contributed by atoms with van der Waals surface area (Å²) in [6.07, 6.45) is 0.400. The average Bonchev–Trinajstić information content (AvgIpc) is 3.60. The molecule has 0 radical (unpaired) electrons. The van der Waals surface area contributed by atoms with E-state index >= 15 is 0 Å². The number of methoxy groups -OCH3 is 1. The minimum atomic E-state index is -4.06. The second-order valence-corrected chi connectivity index (χ2v) is 11.2. The van der Waals surface area contributed by atoms with E-state index in [0.717, 1.165) is 17.1 Å². The molecule has 2 heterocycles. The zero-order valence-corrected chi connectivity index (χ0v) is 21.8. The lowest BCUT2D eigenvalue weighted by molar-refractivity contribution is -0.145. The van der Waals surface area contributed by atoms with Crippen LogP contribution >= 0.6 is 0 Å². The third-order valence-corrected chi connectivity index (χ3v) is 8.51. The molecule has 2 aromatic carbocycles. The standard InChI is InChI=1S/C26H31N3O8S/c1-36-25(32)22(15-18-9-11-20(12-10-18)37-26(33)28-13-5-6-14-28)27-24(31)23-16-19(30)17-29(23)38(34,35)21-7-3-2-4-8-21/h2-4,7-12,19,22-23,30H,5-6,13-17H2,1H3,(H,27,31)/t19-,22?,23-/m0/s1. The van der Waals surface area contributed by atoms with Crippen molar-refractivity contribution in [3.8, 4) is 5.75 Å². The molecule has 2 saturated heterocycles. The molecule has 38 heavy (non-hydrogen) atoms. The Kier molecular flexibility index (Phi) is 8.65. The molecule has 0 aromatic heterocycles. The van der Waals surface area contributed by atoms with Crippen LogP contribution < -0.4 is 10.1 Å². The Morgan fingerprint density at radius 1 is 1.05 bits per heavy atom. The number of amides is 2. The fourth-order valence-electron chi connectivity index (χ4n) is 4.61. The summed E-state index contributed by atoms with van der Waals surface area (Å²) in [5, 5.41) is 12.8. The van der Waals surface area contributed by atoms with Crippen LogP contribution in [0.5, 0.6) is 5.75 Å². The number of likely N-dealkylation sites (tertiary alicyclic amines) is 1. The van der Waals surface area contributed by atoms with Gasteiger partial charge in [0.05, 0.1) is 18.1 Å². The van der Waals surface area contributed by atoms with E-state index in [2.05, 4.69) is 5.32 Å². The van der Waals surface area contributed by atoms with Gasteiger partial charge in [0.1, 0.15) is 17.8 Å². The normalized spacial score (nSPS) is 20.6. The van der Waals surface area contributed by atoms with Crippen LogP contribution in [0.1, 0.15) is 24.8 Å². The minimum absolute atomic E-state index is 0.00180. The van der Waals surface area contributed by atoms with E-state index in [1.807, 2.05) is 0 Å². The van der Waals surface area contributed by atoms with Gasteiger partial charge in [0.25, 0.3) is 0 Å². The van der Waals surface area contributed by atoms with Crippen molar-refractivity contribution in [2.45, 2.75) is 48.8 Å². The smallest absolute Gasteiger partial charge is 0.415 e. The SMILES string of the molecule is COC(=O)C(Cc1ccc(OC(=O)N2CCCC2)cc1)NC(=O)[C@@H]1C[C@H](O)CN1S(=O)(=O)c1ccccc1. The van der Waals surface area contributed by atoms with Gasteiger partial charge in [0.15, 0.2) is 0 Å². The third kappa shape index (κ3) is 6.32. The number of carbonyl (C=O) groups is 3. The monoisotopic (exact) mass is 545 g/mol. The molecule has 0 bridgehead atoms. The molecule has 2 aliphatic rings. The van der Waals surface area contributed by atoms with Gasteiger partial charge in [-0.25, -0.2) is 18.0 Å². The Labute approximate surface area is 221 Å². The molecular formula is C26H31N3O8S. The molecule has 2 aromatic rings. The van der Waals surface area contributed by atoms with Crippen LogP contribution in [0.2, 0.25) is 0 Å². The molecule has 2 aliphatic heterocycles. The number of aliphatic hydroxyl groups excluding tert-OH is 1. The van der Waals surface area contributed by atoms with Crippen LogP contribution in [0.4, 0.5) is 4.79 Å². The van der Waals surface area contributed by atoms with E-state index in [1.165, 1.54) is 19.2 Å². The third-order valence-electron chi connectivity index (χ3n) is 6.62. The molecule has 0 saturated carbocycles. The Hall–Kier alpha value is -3.48. The lowest BCUT2D eigenvalue weighted by Crippen LogP contribution is -2.51. The van der Waals surface area contributed by atoms with Crippen molar-refractivity contribution in [2.75, 3.05) is 26.7 Å². The Morgan fingerprint density at radius 3 is 2.34 bits per heavy atom. The molecular weight excluding hydrogens is 514 g/mol. The quantitative estimate of drug-likeness (QED) is 0.473. The van der Waals surface area contributed by atoms with Crippen molar-refractivity contribution in [2.24, 2.45) is 0 Å². The topological polar surface area (TPSA) is 143 Å². The second kappa shape index (κ2) is 11.9. The summed E-state index contributed by atoms with van der Waals surface area (Å²) in [5.41, 5.74) is 0.655. The molecule has 0 aliphatic carbocycles. The molecule has 2 amide bonds. The van der Waals surface area contributed by atoms with Gasteiger partial charge in [0.2, 0.25) is 15.9 Å². The van der Waals surface area contributed by atoms with Gasteiger partial charge in [-0.3, -0.25) is 4.79 Å². The highest BCUT2D eigenvalue weighted by atomic mass is 32.2. The Morgan fingerprint density at radius 2 is 1.71 bits per heavy atom. The Balaban J connectivity index is 1.44. The molecule has 1 unspecified atom stereocenters. The molecule has 11 nitrogen and oxygen atoms in total. The summed E-state index contributed by atoms with van der Waals surface area (Å²) < 4.78 is 37.5. The van der Waals surface area contributed by atoms with Crippen molar-refractivity contribution in [1.82, 2.24) is 14.5 Å². The number of ether oxygens (including phenoxy) is 2. The van der Waals surface area contributed by atoms with Gasteiger partial charge in [-0.1, -0.05) is 30.3 Å². The fourth-order valence-corrected chi connectivity index (χ4v) is 6.27. The summed E-state index contributed by atoms with van der Waals surface area (Å²) >= 11 is 0. The van der Waals surface area contributed by atoms with Crippen molar-refractivity contribution in [3.05, 3.63) is 60.2 Å². The zero-order chi connectivity index (χ0) is 27.3. The Bertz CT molecular complexity index is 1250. The highest BCUT2D eigenvalue weighted by molar-refractivity contribution is 7.89. The molecule has 4 rings (SSSR count). The molecule has 2 fully saturated rings. The summed E-state index contributed by atoms with van der Waals surface area (Å²) in [7, 11) is -2.87. The number of carbonyl (C=O) groups excluding carboxylic acids is 3. The average molecular weight is 546 g/mol. The number of β-amino-alcohol motifs (C(OH)–C–C–N with tert-alkyl or cyclic N) is 1. The second-order valence-electron chi connectivity index (χ2n) is 9.29. The number of hydrogen-bond acceptors (Lipinski definition) is 8. The fraction of sp³-hybridized carbons (Fsp3) is 0.423. The van der Waals surface area contributed by atoms with Gasteiger partial charge in [-0.05, 0) is 42.7 Å². The number of esters is 1. The number of nitrogens with zero attached hydrogens (tertiary/aromatic N) is 2. The molecule has 3 atom stereocenters. The van der Waals surface area contributed by atoms with E-state index in [0.29, 0.717) is 24.4 Å². The first-order valence-electron chi connectivity index (χ1n) is 12.4. The largest absolute Gasteiger partial charge is 0.467 e. The summed E-state index contributed by atoms with van der Waals surface area (Å²) in [5.74, 6) is -1.07. The molecule has 0 spiro atoms. The van der Waals surface area contributed by atoms with Crippen LogP contribution in [-0.2, 0) is 30.8 Å². The van der Waals surface area contributed by atoms with E-state index in [1.54, 1.807) is 47.4 Å². The number of rotatable bonds is 8. The maximum Gasteiger partial charge on any atom is 0.415 e. The zero-order valence-electron chi connectivity index (χ0n) is 21.0. The lowest BCUT2D eigenvalue weighted by Gasteiger charge is -2.25. The van der Waals surface area contributed by atoms with E-state index < -0.39 is 46.2 Å². The first kappa shape index (κ1) is 27.6. The van der Waals surface area contributed by atoms with E-state index in [-0.39, 0.29) is 24.3 Å². The van der Waals surface area contributed by atoms with Crippen LogP contribution in [0.15, 0.2) is 59.5 Å². The van der Waals surface area contributed by atoms with Crippen molar-refractivity contribution < 1.29 is 37.4 Å². The van der Waals surface area contributed by atoms with Crippen molar-refractivity contribution >= 4 is 28.0 Å². The predicted molar refractivity (Wildman–Crippen MR) is 136 cm³/mol. The van der Waals surface area contributed by atoms with Crippen molar-refractivity contribution in [1.29, 1.82) is 0 Å². The number of hydrogen-bond donors (Lipinski definition) is 2. The number of benzene rings is 2. The van der Waals surface area contributed by atoms with Crippen LogP contribution in [0.25, 0.3) is 0 Å². The summed E-state index contributed by atoms with van der Waals surface area (Å²) in [4.78, 5) is 39.5. The van der Waals surface area contributed by atoms with Crippen LogP contribution in [-0.4, -0.2) is 85.6 Å². The van der Waals surface area contributed by atoms with Crippen molar-refractivity contribution in [3.63, 3.8) is 0 Å². The number of nitrogens with one attached hydrogen (secondary N) is 1. The van der Waals surface area contributed by atoms with Gasteiger partial charge in [-0.2, -0.15) is 4.31 Å². The minimum Gasteiger partial charge on any atom is -0.467 e. The van der Waals surface area contributed by atoms with Crippen LogP contribution in [0, 0.1) is 0 Å². The maximum absolute atomic E-state index is 13.2. The van der Waals surface area contributed by atoms with E-state index in [4.69, 9.17) is 9.47 Å². The lowest BCUT2D eigenvalue weighted by atomic mass is 10.0. The van der Waals surface area contributed by atoms with Gasteiger partial charge < -0.3 is 24.8 Å². The highest BCUT2D eigenvalue weighted by Crippen LogP contribution is 2.27. The summed E-state index contributed by atoms with van der Waals surface area (Å²) in [6.45, 7) is 1.09. The van der Waals surface area contributed by atoms with Gasteiger partial charge >= 0.3 is 12.1 Å². The van der Waals surface area contributed by atoms with Crippen LogP contribution in [0.3, 0.4) is 0 Å². The first-order chi connectivity index (χ1) is 18.2. The molecule has 12 heteroatoms. The summed E-state index contributed by atoms with van der Waals surface area (Å²) in [6, 6.07) is 11.9. The predicted octanol–water partition coefficient (Wildman–Crippen LogP) is 1.31. The highest BCUT2D eigenvalue weighted by Gasteiger charge is 2.44. The first-order valence-corrected chi connectivity index (χ1v) is 13.8. The maximum atomic E-state index is 13.2. The number of sulfonamides is 1. The van der Waals surface area contributed by atoms with Gasteiger partial charge in [0, 0.05) is 32.5 Å². The molecule has 2 N–H and O–H groups in total. The van der Waals surface area contributed by atoms with E-state index in [9.17, 15) is 27.9 Å². The molecule has 204 valence electrons. The number of aliphatic hydroxyl groups is 1. The van der Waals surface area contributed by atoms with Gasteiger partial charge in [-0.15, -0.1) is 0 Å².